The average molecular weight is 310 g/mol. The van der Waals surface area contributed by atoms with Gasteiger partial charge < -0.3 is 10.5 Å². The number of hydrogen-bond donors (Lipinski definition) is 1. The maximum absolute atomic E-state index is 13.4. The van der Waals surface area contributed by atoms with Crippen LogP contribution in [0.2, 0.25) is 5.02 Å². The second-order valence-electron chi connectivity index (χ2n) is 4.26. The van der Waals surface area contributed by atoms with E-state index in [1.165, 1.54) is 6.07 Å². The number of benzene rings is 2. The van der Waals surface area contributed by atoms with E-state index in [-0.39, 0.29) is 10.6 Å². The third-order valence-electron chi connectivity index (χ3n) is 2.78. The Morgan fingerprint density at radius 1 is 1.20 bits per heavy atom. The molecule has 0 unspecified atom stereocenters. The van der Waals surface area contributed by atoms with Crippen molar-refractivity contribution in [2.45, 2.75) is 13.2 Å². The highest BCUT2D eigenvalue weighted by molar-refractivity contribution is 7.80. The van der Waals surface area contributed by atoms with Crippen LogP contribution >= 0.6 is 23.8 Å². The van der Waals surface area contributed by atoms with Gasteiger partial charge in [-0.15, -0.1) is 0 Å². The predicted octanol–water partition coefficient (Wildman–Crippen LogP) is 3.83. The molecular formula is C15H13ClFNOS. The van der Waals surface area contributed by atoms with E-state index >= 15 is 0 Å². The van der Waals surface area contributed by atoms with E-state index in [1.807, 2.05) is 24.3 Å². The lowest BCUT2D eigenvalue weighted by Crippen LogP contribution is -2.12. The van der Waals surface area contributed by atoms with E-state index in [2.05, 4.69) is 0 Å². The van der Waals surface area contributed by atoms with Crippen LogP contribution in [0.25, 0.3) is 0 Å². The summed E-state index contributed by atoms with van der Waals surface area (Å²) < 4.78 is 19.0. The van der Waals surface area contributed by atoms with Crippen LogP contribution in [-0.4, -0.2) is 4.99 Å². The molecule has 5 heteroatoms. The summed E-state index contributed by atoms with van der Waals surface area (Å²) in [5, 5.41) is 0.662. The zero-order valence-electron chi connectivity index (χ0n) is 10.6. The van der Waals surface area contributed by atoms with Crippen molar-refractivity contribution < 1.29 is 9.13 Å². The summed E-state index contributed by atoms with van der Waals surface area (Å²) in [6.07, 6.45) is 0. The van der Waals surface area contributed by atoms with Crippen molar-refractivity contribution in [1.82, 2.24) is 0 Å². The Bertz CT molecular complexity index is 633. The molecule has 0 aliphatic heterocycles. The molecule has 0 heterocycles. The summed E-state index contributed by atoms with van der Waals surface area (Å²) >= 11 is 10.8. The van der Waals surface area contributed by atoms with Gasteiger partial charge in [0.25, 0.3) is 0 Å². The smallest absolute Gasteiger partial charge is 0.133 e. The van der Waals surface area contributed by atoms with Crippen LogP contribution in [0.15, 0.2) is 42.5 Å². The third kappa shape index (κ3) is 3.76. The normalized spacial score (nSPS) is 10.5. The van der Waals surface area contributed by atoms with Crippen molar-refractivity contribution in [3.63, 3.8) is 0 Å². The van der Waals surface area contributed by atoms with Crippen molar-refractivity contribution in [3.8, 4) is 0 Å². The van der Waals surface area contributed by atoms with Gasteiger partial charge in [0.15, 0.2) is 0 Å². The average Bonchev–Trinajstić information content (AvgIpc) is 2.42. The van der Waals surface area contributed by atoms with Crippen LogP contribution in [0.4, 0.5) is 4.39 Å². The lowest BCUT2D eigenvalue weighted by molar-refractivity contribution is 0.107. The van der Waals surface area contributed by atoms with Gasteiger partial charge >= 0.3 is 0 Å². The van der Waals surface area contributed by atoms with Crippen LogP contribution in [0, 0.1) is 5.82 Å². The van der Waals surface area contributed by atoms with Crippen LogP contribution < -0.4 is 5.73 Å². The largest absolute Gasteiger partial charge is 0.389 e. The Balaban J connectivity index is 2.00. The molecule has 20 heavy (non-hydrogen) atoms. The fraction of sp³-hybridized carbons (Fsp3) is 0.133. The molecule has 0 fully saturated rings. The first-order chi connectivity index (χ1) is 9.58. The Morgan fingerprint density at radius 3 is 2.65 bits per heavy atom. The number of halogens is 2. The number of nitrogens with two attached hydrogens (primary N) is 1. The number of thiocarbonyl (C=S) groups is 1. The summed E-state index contributed by atoms with van der Waals surface area (Å²) in [6.45, 7) is 0.723. The predicted molar refractivity (Wildman–Crippen MR) is 82.2 cm³/mol. The van der Waals surface area contributed by atoms with E-state index in [1.54, 1.807) is 12.1 Å². The monoisotopic (exact) mass is 309 g/mol. The first-order valence-electron chi connectivity index (χ1n) is 5.97. The molecule has 2 N–H and O–H groups in total. The maximum Gasteiger partial charge on any atom is 0.133 e. The van der Waals surface area contributed by atoms with Crippen molar-refractivity contribution in [3.05, 3.63) is 70.0 Å². The van der Waals surface area contributed by atoms with E-state index in [0.717, 1.165) is 11.1 Å². The minimum absolute atomic E-state index is 0.0375. The van der Waals surface area contributed by atoms with E-state index < -0.39 is 5.82 Å². The van der Waals surface area contributed by atoms with Crippen LogP contribution in [0.3, 0.4) is 0 Å². The van der Waals surface area contributed by atoms with Gasteiger partial charge in [-0.2, -0.15) is 0 Å². The molecule has 0 aliphatic carbocycles. The lowest BCUT2D eigenvalue weighted by atomic mass is 10.1. The first-order valence-corrected chi connectivity index (χ1v) is 6.76. The molecule has 2 nitrogen and oxygen atoms in total. The minimum atomic E-state index is -0.424. The lowest BCUT2D eigenvalue weighted by Gasteiger charge is -2.08. The van der Waals surface area contributed by atoms with E-state index in [4.69, 9.17) is 34.3 Å². The maximum atomic E-state index is 13.4. The second-order valence-corrected chi connectivity index (χ2v) is 5.11. The van der Waals surface area contributed by atoms with E-state index in [0.29, 0.717) is 18.2 Å². The fourth-order valence-corrected chi connectivity index (χ4v) is 2.09. The standard InChI is InChI=1S/C15H13ClFNOS/c16-13-4-2-1-3-11(13)9-19-8-10-5-6-14(17)12(7-10)15(18)20/h1-7H,8-9H2,(H2,18,20). The molecule has 0 amide bonds. The molecule has 0 saturated carbocycles. The molecule has 2 rings (SSSR count). The summed E-state index contributed by atoms with van der Waals surface area (Å²) in [5.41, 5.74) is 7.41. The van der Waals surface area contributed by atoms with Crippen LogP contribution in [-0.2, 0) is 18.0 Å². The molecule has 104 valence electrons. The Kier molecular flexibility index (Phi) is 5.06. The Labute approximate surface area is 127 Å². The highest BCUT2D eigenvalue weighted by Gasteiger charge is 2.06. The second kappa shape index (κ2) is 6.79. The zero-order chi connectivity index (χ0) is 14.5. The summed E-state index contributed by atoms with van der Waals surface area (Å²) in [6, 6.07) is 12.0. The van der Waals surface area contributed by atoms with Gasteiger partial charge in [-0.25, -0.2) is 4.39 Å². The molecule has 0 bridgehead atoms. The molecule has 0 radical (unpaired) electrons. The molecule has 2 aromatic rings. The molecule has 0 aliphatic rings. The number of ether oxygens (including phenoxy) is 1. The van der Waals surface area contributed by atoms with Gasteiger partial charge in [-0.05, 0) is 29.3 Å². The molecule has 0 saturated heterocycles. The van der Waals surface area contributed by atoms with Crippen molar-refractivity contribution in [2.75, 3.05) is 0 Å². The van der Waals surface area contributed by atoms with Crippen LogP contribution in [0.1, 0.15) is 16.7 Å². The van der Waals surface area contributed by atoms with Crippen molar-refractivity contribution in [2.24, 2.45) is 5.73 Å². The van der Waals surface area contributed by atoms with E-state index in [9.17, 15) is 4.39 Å². The highest BCUT2D eigenvalue weighted by atomic mass is 35.5. The SMILES string of the molecule is NC(=S)c1cc(COCc2ccccc2Cl)ccc1F. The molecule has 0 aromatic heterocycles. The van der Waals surface area contributed by atoms with Crippen molar-refractivity contribution >= 4 is 28.8 Å². The number of hydrogen-bond acceptors (Lipinski definition) is 2. The van der Waals surface area contributed by atoms with Gasteiger partial charge in [0.05, 0.1) is 13.2 Å². The summed E-state index contributed by atoms with van der Waals surface area (Å²) in [4.78, 5) is 0.0375. The van der Waals surface area contributed by atoms with Crippen LogP contribution in [0.5, 0.6) is 0 Å². The molecule has 0 spiro atoms. The van der Waals surface area contributed by atoms with Gasteiger partial charge in [0.1, 0.15) is 10.8 Å². The Hall–Kier alpha value is -1.49. The highest BCUT2D eigenvalue weighted by Crippen LogP contribution is 2.17. The van der Waals surface area contributed by atoms with Gasteiger partial charge in [-0.3, -0.25) is 0 Å². The third-order valence-corrected chi connectivity index (χ3v) is 3.37. The van der Waals surface area contributed by atoms with Gasteiger partial charge in [-0.1, -0.05) is 48.1 Å². The molecule has 2 aromatic carbocycles. The van der Waals surface area contributed by atoms with Gasteiger partial charge in [0, 0.05) is 10.6 Å². The topological polar surface area (TPSA) is 35.2 Å². The summed E-state index contributed by atoms with van der Waals surface area (Å²) in [5.74, 6) is -0.424. The molecule has 0 atom stereocenters. The fourth-order valence-electron chi connectivity index (χ4n) is 1.75. The molecular weight excluding hydrogens is 297 g/mol. The summed E-state index contributed by atoms with van der Waals surface area (Å²) in [7, 11) is 0. The van der Waals surface area contributed by atoms with Gasteiger partial charge in [0.2, 0.25) is 0 Å². The zero-order valence-corrected chi connectivity index (χ0v) is 12.2. The number of rotatable bonds is 5. The quantitative estimate of drug-likeness (QED) is 0.853. The first kappa shape index (κ1) is 14.9. The van der Waals surface area contributed by atoms with Crippen molar-refractivity contribution in [1.29, 1.82) is 0 Å². The Morgan fingerprint density at radius 2 is 1.95 bits per heavy atom. The minimum Gasteiger partial charge on any atom is -0.389 e.